The van der Waals surface area contributed by atoms with E-state index in [1.54, 1.807) is 0 Å². The number of halogens is 3. The van der Waals surface area contributed by atoms with E-state index in [4.69, 9.17) is 23.2 Å². The molecule has 0 amide bonds. The van der Waals surface area contributed by atoms with E-state index in [1.165, 1.54) is 6.42 Å². The second kappa shape index (κ2) is 3.87. The molecule has 0 N–H and O–H groups in total. The van der Waals surface area contributed by atoms with Crippen molar-refractivity contribution in [3.63, 3.8) is 0 Å². The van der Waals surface area contributed by atoms with E-state index in [9.17, 15) is 0 Å². The largest absolute Gasteiger partial charge is 0.220 e. The fourth-order valence-corrected chi connectivity index (χ4v) is 1.90. The summed E-state index contributed by atoms with van der Waals surface area (Å²) in [5.74, 6) is 1.29. The van der Waals surface area contributed by atoms with Crippen LogP contribution in [0.3, 0.4) is 0 Å². The normalized spacial score (nSPS) is 17.2. The highest BCUT2D eigenvalue weighted by atomic mass is 127. The van der Waals surface area contributed by atoms with Crippen molar-refractivity contribution in [3.8, 4) is 0 Å². The van der Waals surface area contributed by atoms with Crippen LogP contribution in [-0.2, 0) is 0 Å². The summed E-state index contributed by atoms with van der Waals surface area (Å²) in [5, 5.41) is 0.949. The second-order valence-electron chi connectivity index (χ2n) is 3.11. The van der Waals surface area contributed by atoms with Gasteiger partial charge in [0.05, 0.1) is 3.57 Å². The first-order chi connectivity index (χ1) is 6.18. The minimum absolute atomic E-state index is 0.475. The zero-order chi connectivity index (χ0) is 9.42. The molecule has 1 fully saturated rings. The van der Waals surface area contributed by atoms with Crippen molar-refractivity contribution in [1.82, 2.24) is 9.97 Å². The van der Waals surface area contributed by atoms with Crippen LogP contribution in [0.5, 0.6) is 0 Å². The van der Waals surface area contributed by atoms with Crippen LogP contribution in [0.4, 0.5) is 0 Å². The molecule has 1 aliphatic rings. The van der Waals surface area contributed by atoms with E-state index in [0.29, 0.717) is 16.2 Å². The molecule has 1 heterocycles. The Labute approximate surface area is 100 Å². The third kappa shape index (κ3) is 1.92. The molecule has 0 unspecified atom stereocenters. The first-order valence-corrected chi connectivity index (χ1v) is 5.90. The van der Waals surface area contributed by atoms with Gasteiger partial charge in [0.2, 0.25) is 0 Å². The van der Waals surface area contributed by atoms with Gasteiger partial charge in [0.1, 0.15) is 16.1 Å². The van der Waals surface area contributed by atoms with Crippen LogP contribution in [0.15, 0.2) is 0 Å². The summed E-state index contributed by atoms with van der Waals surface area (Å²) in [7, 11) is 0. The van der Waals surface area contributed by atoms with E-state index < -0.39 is 0 Å². The number of rotatable bonds is 1. The summed E-state index contributed by atoms with van der Waals surface area (Å²) in [6.07, 6.45) is 3.58. The SMILES string of the molecule is Clc1nc(C2CCC2)nc(Cl)c1I. The van der Waals surface area contributed by atoms with Crippen LogP contribution >= 0.6 is 45.8 Å². The van der Waals surface area contributed by atoms with Gasteiger partial charge in [-0.05, 0) is 35.4 Å². The molecule has 0 spiro atoms. The number of aromatic nitrogens is 2. The quantitative estimate of drug-likeness (QED) is 0.581. The lowest BCUT2D eigenvalue weighted by atomic mass is 9.85. The van der Waals surface area contributed by atoms with Crippen molar-refractivity contribution < 1.29 is 0 Å². The number of hydrogen-bond acceptors (Lipinski definition) is 2. The van der Waals surface area contributed by atoms with Gasteiger partial charge in [-0.25, -0.2) is 9.97 Å². The Balaban J connectivity index is 2.37. The summed E-state index contributed by atoms with van der Waals surface area (Å²) in [4.78, 5) is 8.44. The zero-order valence-electron chi connectivity index (χ0n) is 6.73. The van der Waals surface area contributed by atoms with Crippen LogP contribution in [0, 0.1) is 3.57 Å². The molecule has 5 heteroatoms. The molecule has 0 atom stereocenters. The third-order valence-electron chi connectivity index (χ3n) is 2.26. The summed E-state index contributed by atoms with van der Waals surface area (Å²) in [5.41, 5.74) is 0. The first kappa shape index (κ1) is 9.93. The molecule has 13 heavy (non-hydrogen) atoms. The molecule has 0 saturated heterocycles. The Morgan fingerprint density at radius 1 is 1.15 bits per heavy atom. The lowest BCUT2D eigenvalue weighted by Crippen LogP contribution is -2.13. The molecule has 1 aliphatic carbocycles. The van der Waals surface area contributed by atoms with E-state index in [-0.39, 0.29) is 0 Å². The lowest BCUT2D eigenvalue weighted by molar-refractivity contribution is 0.401. The van der Waals surface area contributed by atoms with E-state index >= 15 is 0 Å². The fourth-order valence-electron chi connectivity index (χ4n) is 1.26. The average molecular weight is 329 g/mol. The van der Waals surface area contributed by atoms with Crippen LogP contribution < -0.4 is 0 Å². The van der Waals surface area contributed by atoms with Crippen LogP contribution in [0.1, 0.15) is 31.0 Å². The Morgan fingerprint density at radius 3 is 2.08 bits per heavy atom. The second-order valence-corrected chi connectivity index (χ2v) is 4.90. The average Bonchev–Trinajstić information content (AvgIpc) is 1.96. The topological polar surface area (TPSA) is 25.8 Å². The smallest absolute Gasteiger partial charge is 0.147 e. The van der Waals surface area contributed by atoms with Crippen molar-refractivity contribution in [2.45, 2.75) is 25.2 Å². The highest BCUT2D eigenvalue weighted by molar-refractivity contribution is 14.1. The molecular weight excluding hydrogens is 322 g/mol. The number of nitrogens with zero attached hydrogens (tertiary/aromatic N) is 2. The Hall–Kier alpha value is 0.390. The summed E-state index contributed by atoms with van der Waals surface area (Å²) in [6, 6.07) is 0. The standard InChI is InChI=1S/C8H7Cl2IN2/c9-6-5(11)7(10)13-8(12-6)4-2-1-3-4/h4H,1-3H2. The van der Waals surface area contributed by atoms with Gasteiger partial charge in [0.15, 0.2) is 0 Å². The highest BCUT2D eigenvalue weighted by Gasteiger charge is 2.23. The van der Waals surface area contributed by atoms with Crippen molar-refractivity contribution >= 4 is 45.8 Å². The minimum atomic E-state index is 0.475. The molecule has 0 bridgehead atoms. The molecule has 1 aromatic rings. The van der Waals surface area contributed by atoms with Crippen molar-refractivity contribution in [3.05, 3.63) is 19.7 Å². The molecule has 0 radical (unpaired) electrons. The first-order valence-electron chi connectivity index (χ1n) is 4.07. The summed E-state index contributed by atoms with van der Waals surface area (Å²) < 4.78 is 0.740. The van der Waals surface area contributed by atoms with Gasteiger partial charge in [0.25, 0.3) is 0 Å². The lowest BCUT2D eigenvalue weighted by Gasteiger charge is -2.23. The molecule has 0 aromatic carbocycles. The van der Waals surface area contributed by atoms with Gasteiger partial charge in [0, 0.05) is 5.92 Å². The van der Waals surface area contributed by atoms with E-state index in [2.05, 4.69) is 32.6 Å². The molecule has 0 aliphatic heterocycles. The van der Waals surface area contributed by atoms with Crippen molar-refractivity contribution in [2.24, 2.45) is 0 Å². The maximum absolute atomic E-state index is 5.90. The van der Waals surface area contributed by atoms with Gasteiger partial charge in [-0.1, -0.05) is 29.6 Å². The summed E-state index contributed by atoms with van der Waals surface area (Å²) >= 11 is 13.9. The van der Waals surface area contributed by atoms with Crippen LogP contribution in [-0.4, -0.2) is 9.97 Å². The van der Waals surface area contributed by atoms with Gasteiger partial charge in [-0.2, -0.15) is 0 Å². The van der Waals surface area contributed by atoms with Gasteiger partial charge < -0.3 is 0 Å². The van der Waals surface area contributed by atoms with E-state index in [1.807, 2.05) is 0 Å². The zero-order valence-corrected chi connectivity index (χ0v) is 10.4. The molecule has 1 aromatic heterocycles. The predicted octanol–water partition coefficient (Wildman–Crippen LogP) is 3.66. The Morgan fingerprint density at radius 2 is 1.69 bits per heavy atom. The Kier molecular flexibility index (Phi) is 2.95. The molecule has 2 rings (SSSR count). The fraction of sp³-hybridized carbons (Fsp3) is 0.500. The monoisotopic (exact) mass is 328 g/mol. The van der Waals surface area contributed by atoms with Gasteiger partial charge >= 0.3 is 0 Å². The minimum Gasteiger partial charge on any atom is -0.220 e. The van der Waals surface area contributed by atoms with Crippen LogP contribution in [0.25, 0.3) is 0 Å². The summed E-state index contributed by atoms with van der Waals surface area (Å²) in [6.45, 7) is 0. The highest BCUT2D eigenvalue weighted by Crippen LogP contribution is 2.36. The third-order valence-corrected chi connectivity index (χ3v) is 4.46. The molecule has 70 valence electrons. The van der Waals surface area contributed by atoms with Crippen molar-refractivity contribution in [2.75, 3.05) is 0 Å². The van der Waals surface area contributed by atoms with Crippen LogP contribution in [0.2, 0.25) is 10.3 Å². The molecule has 1 saturated carbocycles. The van der Waals surface area contributed by atoms with Gasteiger partial charge in [-0.15, -0.1) is 0 Å². The van der Waals surface area contributed by atoms with Crippen molar-refractivity contribution in [1.29, 1.82) is 0 Å². The Bertz CT molecular complexity index is 316. The maximum atomic E-state index is 5.90. The maximum Gasteiger partial charge on any atom is 0.147 e. The molecular formula is C8H7Cl2IN2. The van der Waals surface area contributed by atoms with Gasteiger partial charge in [-0.3, -0.25) is 0 Å². The number of hydrogen-bond donors (Lipinski definition) is 0. The van der Waals surface area contributed by atoms with E-state index in [0.717, 1.165) is 22.2 Å². The predicted molar refractivity (Wildman–Crippen MR) is 61.4 cm³/mol. The molecule has 2 nitrogen and oxygen atoms in total.